The van der Waals surface area contributed by atoms with Crippen molar-refractivity contribution in [1.82, 2.24) is 4.72 Å². The van der Waals surface area contributed by atoms with Crippen molar-refractivity contribution in [1.29, 1.82) is 0 Å². The number of ether oxygens (including phenoxy) is 1. The first-order chi connectivity index (χ1) is 12.7. The monoisotopic (exact) mass is 390 g/mol. The second-order valence-electron chi connectivity index (χ2n) is 6.08. The minimum absolute atomic E-state index is 0.0403. The van der Waals surface area contributed by atoms with Gasteiger partial charge in [0.1, 0.15) is 6.54 Å². The summed E-state index contributed by atoms with van der Waals surface area (Å²) in [5.41, 5.74) is 2.49. The van der Waals surface area contributed by atoms with Gasteiger partial charge in [-0.1, -0.05) is 30.3 Å². The van der Waals surface area contributed by atoms with Crippen LogP contribution < -0.4 is 10.0 Å². The van der Waals surface area contributed by atoms with E-state index in [9.17, 15) is 18.0 Å². The van der Waals surface area contributed by atoms with Crippen molar-refractivity contribution in [3.63, 3.8) is 0 Å². The first-order valence-electron chi connectivity index (χ1n) is 8.31. The molecule has 0 aromatic heterocycles. The van der Waals surface area contributed by atoms with Crippen LogP contribution in [0.4, 0.5) is 5.69 Å². The Bertz CT molecular complexity index is 926. The van der Waals surface area contributed by atoms with Gasteiger partial charge in [-0.3, -0.25) is 9.59 Å². The number of hydrogen-bond donors (Lipinski definition) is 2. The summed E-state index contributed by atoms with van der Waals surface area (Å²) in [4.78, 5) is 24.1. The molecule has 0 aliphatic carbocycles. The summed E-state index contributed by atoms with van der Waals surface area (Å²) in [7, 11) is -3.82. The van der Waals surface area contributed by atoms with E-state index in [0.717, 1.165) is 11.1 Å². The third-order valence-electron chi connectivity index (χ3n) is 3.79. The van der Waals surface area contributed by atoms with Crippen LogP contribution in [0.3, 0.4) is 0 Å². The van der Waals surface area contributed by atoms with Crippen molar-refractivity contribution in [2.45, 2.75) is 31.8 Å². The lowest BCUT2D eigenvalue weighted by Crippen LogP contribution is -2.35. The Hall–Kier alpha value is -2.71. The molecule has 0 aliphatic rings. The largest absolute Gasteiger partial charge is 0.452 e. The van der Waals surface area contributed by atoms with Gasteiger partial charge in [0.05, 0.1) is 4.90 Å². The Balaban J connectivity index is 1.89. The number of rotatable bonds is 7. The van der Waals surface area contributed by atoms with Crippen molar-refractivity contribution < 1.29 is 22.7 Å². The van der Waals surface area contributed by atoms with Gasteiger partial charge in [0.25, 0.3) is 5.91 Å². The summed E-state index contributed by atoms with van der Waals surface area (Å²) in [5.74, 6) is -1.35. The highest BCUT2D eigenvalue weighted by Crippen LogP contribution is 2.16. The molecule has 1 amide bonds. The van der Waals surface area contributed by atoms with E-state index in [1.807, 2.05) is 32.0 Å². The van der Waals surface area contributed by atoms with Crippen LogP contribution in [0.1, 0.15) is 18.1 Å². The third kappa shape index (κ3) is 5.90. The quantitative estimate of drug-likeness (QED) is 0.706. The average molecular weight is 390 g/mol. The smallest absolute Gasteiger partial charge is 0.321 e. The molecule has 0 aliphatic heterocycles. The molecule has 0 radical (unpaired) electrons. The van der Waals surface area contributed by atoms with Crippen LogP contribution >= 0.6 is 0 Å². The predicted molar refractivity (Wildman–Crippen MR) is 102 cm³/mol. The number of anilines is 1. The van der Waals surface area contributed by atoms with Crippen LogP contribution in [0.5, 0.6) is 0 Å². The minimum atomic E-state index is -3.82. The molecule has 0 saturated heterocycles. The predicted octanol–water partition coefficient (Wildman–Crippen LogP) is 2.15. The topological polar surface area (TPSA) is 102 Å². The summed E-state index contributed by atoms with van der Waals surface area (Å²) in [5, 5.41) is 2.70. The number of nitrogens with one attached hydrogen (secondary N) is 2. The summed E-state index contributed by atoms with van der Waals surface area (Å²) in [6, 6.07) is 13.3. The molecule has 0 heterocycles. The highest BCUT2D eigenvalue weighted by atomic mass is 32.2. The number of hydrogen-bond acceptors (Lipinski definition) is 5. The molecule has 0 bridgehead atoms. The molecule has 0 saturated carbocycles. The number of carbonyl (C=O) groups excluding carboxylic acids is 2. The standard InChI is InChI=1S/C19H22N2O5S/c1-13-9-10-14(2)17(11-13)21-19(23)15(3)26-18(22)12-20-27(24,25)16-7-5-4-6-8-16/h4-11,15,20H,12H2,1-3H3,(H,21,23)/t15-/m0/s1. The first kappa shape index (κ1) is 20.6. The number of esters is 1. The van der Waals surface area contributed by atoms with Gasteiger partial charge in [0, 0.05) is 5.69 Å². The van der Waals surface area contributed by atoms with Gasteiger partial charge < -0.3 is 10.1 Å². The molecule has 2 aromatic carbocycles. The number of benzene rings is 2. The molecule has 0 unspecified atom stereocenters. The highest BCUT2D eigenvalue weighted by Gasteiger charge is 2.21. The normalized spacial score (nSPS) is 12.3. The molecule has 27 heavy (non-hydrogen) atoms. The van der Waals surface area contributed by atoms with Crippen LogP contribution in [0.15, 0.2) is 53.4 Å². The van der Waals surface area contributed by atoms with E-state index in [0.29, 0.717) is 5.69 Å². The summed E-state index contributed by atoms with van der Waals surface area (Å²) < 4.78 is 31.3. The molecule has 8 heteroatoms. The molecule has 0 fully saturated rings. The van der Waals surface area contributed by atoms with Gasteiger partial charge in [-0.15, -0.1) is 0 Å². The van der Waals surface area contributed by atoms with E-state index in [2.05, 4.69) is 10.0 Å². The molecule has 7 nitrogen and oxygen atoms in total. The van der Waals surface area contributed by atoms with Crippen LogP contribution in [0, 0.1) is 13.8 Å². The Labute approximate surface area is 158 Å². The van der Waals surface area contributed by atoms with E-state index in [4.69, 9.17) is 4.74 Å². The zero-order chi connectivity index (χ0) is 20.0. The Morgan fingerprint density at radius 2 is 1.74 bits per heavy atom. The fourth-order valence-corrected chi connectivity index (χ4v) is 3.22. The average Bonchev–Trinajstić information content (AvgIpc) is 2.64. The Morgan fingerprint density at radius 3 is 2.41 bits per heavy atom. The maximum Gasteiger partial charge on any atom is 0.321 e. The first-order valence-corrected chi connectivity index (χ1v) is 9.79. The second kappa shape index (κ2) is 8.79. The highest BCUT2D eigenvalue weighted by molar-refractivity contribution is 7.89. The maximum atomic E-state index is 12.2. The maximum absolute atomic E-state index is 12.2. The molecule has 2 aromatic rings. The summed E-state index contributed by atoms with van der Waals surface area (Å²) in [6.07, 6.45) is -1.07. The van der Waals surface area contributed by atoms with Crippen molar-refractivity contribution >= 4 is 27.6 Å². The SMILES string of the molecule is Cc1ccc(C)c(NC(=O)[C@H](C)OC(=O)CNS(=O)(=O)c2ccccc2)c1. The van der Waals surface area contributed by atoms with Gasteiger partial charge in [-0.2, -0.15) is 4.72 Å². The van der Waals surface area contributed by atoms with Crippen molar-refractivity contribution in [2.75, 3.05) is 11.9 Å². The number of aryl methyl sites for hydroxylation is 2. The van der Waals surface area contributed by atoms with E-state index in [-0.39, 0.29) is 4.90 Å². The molecule has 0 spiro atoms. The van der Waals surface area contributed by atoms with E-state index in [1.165, 1.54) is 19.1 Å². The number of sulfonamides is 1. The van der Waals surface area contributed by atoms with Gasteiger partial charge in [0.2, 0.25) is 10.0 Å². The number of carbonyl (C=O) groups is 2. The molecule has 2 rings (SSSR count). The van der Waals surface area contributed by atoms with E-state index in [1.54, 1.807) is 18.2 Å². The van der Waals surface area contributed by atoms with E-state index < -0.39 is 34.5 Å². The van der Waals surface area contributed by atoms with Crippen LogP contribution in [-0.2, 0) is 24.3 Å². The van der Waals surface area contributed by atoms with Gasteiger partial charge in [-0.25, -0.2) is 8.42 Å². The molecule has 144 valence electrons. The lowest BCUT2D eigenvalue weighted by Gasteiger charge is -2.15. The van der Waals surface area contributed by atoms with Crippen LogP contribution in [-0.4, -0.2) is 32.9 Å². The van der Waals surface area contributed by atoms with Crippen molar-refractivity contribution in [3.8, 4) is 0 Å². The Morgan fingerprint density at radius 1 is 1.07 bits per heavy atom. The summed E-state index contributed by atoms with van der Waals surface area (Å²) in [6.45, 7) is 4.60. The zero-order valence-electron chi connectivity index (χ0n) is 15.4. The lowest BCUT2D eigenvalue weighted by molar-refractivity contribution is -0.151. The van der Waals surface area contributed by atoms with Crippen LogP contribution in [0.2, 0.25) is 0 Å². The van der Waals surface area contributed by atoms with Gasteiger partial charge in [-0.05, 0) is 50.1 Å². The fourth-order valence-electron chi connectivity index (χ4n) is 2.23. The van der Waals surface area contributed by atoms with E-state index >= 15 is 0 Å². The van der Waals surface area contributed by atoms with Gasteiger partial charge >= 0.3 is 5.97 Å². The molecular formula is C19H22N2O5S. The fraction of sp³-hybridized carbons (Fsp3) is 0.263. The second-order valence-corrected chi connectivity index (χ2v) is 7.84. The minimum Gasteiger partial charge on any atom is -0.452 e. The Kier molecular flexibility index (Phi) is 6.70. The third-order valence-corrected chi connectivity index (χ3v) is 5.21. The van der Waals surface area contributed by atoms with Crippen molar-refractivity contribution in [3.05, 3.63) is 59.7 Å². The van der Waals surface area contributed by atoms with Crippen LogP contribution in [0.25, 0.3) is 0 Å². The molecular weight excluding hydrogens is 368 g/mol. The lowest BCUT2D eigenvalue weighted by atomic mass is 10.1. The van der Waals surface area contributed by atoms with Crippen molar-refractivity contribution in [2.24, 2.45) is 0 Å². The summed E-state index contributed by atoms with van der Waals surface area (Å²) >= 11 is 0. The zero-order valence-corrected chi connectivity index (χ0v) is 16.2. The van der Waals surface area contributed by atoms with Gasteiger partial charge in [0.15, 0.2) is 6.10 Å². The molecule has 1 atom stereocenters. The molecule has 2 N–H and O–H groups in total. The number of amides is 1.